The quantitative estimate of drug-likeness (QED) is 0.145. The van der Waals surface area contributed by atoms with E-state index in [0.717, 1.165) is 33.7 Å². The Morgan fingerprint density at radius 2 is 0.692 bits per heavy atom. The first kappa shape index (κ1) is 48.7. The Labute approximate surface area is 442 Å². The topological polar surface area (TPSA) is 212 Å². The zero-order valence-corrected chi connectivity index (χ0v) is 43.1. The van der Waals surface area contributed by atoms with Gasteiger partial charge >= 0.3 is 6.18 Å². The van der Waals surface area contributed by atoms with Crippen molar-refractivity contribution in [1.29, 1.82) is 10.5 Å². The van der Waals surface area contributed by atoms with Gasteiger partial charge in [-0.2, -0.15) is 23.7 Å². The summed E-state index contributed by atoms with van der Waals surface area (Å²) in [4.78, 5) is 55.0. The molecule has 6 aromatic heterocycles. The van der Waals surface area contributed by atoms with Gasteiger partial charge in [0.15, 0.2) is 23.3 Å². The summed E-state index contributed by atoms with van der Waals surface area (Å²) in [5.41, 5.74) is 4.94. The Hall–Kier alpha value is -10.3. The molecular weight excluding hydrogens is 990 g/mol. The normalized spacial score (nSPS) is 11.8. The molecule has 378 valence electrons. The van der Waals surface area contributed by atoms with Crippen LogP contribution >= 0.6 is 0 Å². The van der Waals surface area contributed by atoms with Crippen LogP contribution in [0.15, 0.2) is 103 Å². The van der Waals surface area contributed by atoms with Crippen LogP contribution in [0.3, 0.4) is 0 Å². The smallest absolute Gasteiger partial charge is 0.309 e. The van der Waals surface area contributed by atoms with E-state index in [1.807, 2.05) is 88.0 Å². The molecule has 0 amide bonds. The van der Waals surface area contributed by atoms with E-state index in [1.54, 1.807) is 67.5 Å². The number of hydrogen-bond donors (Lipinski definition) is 0. The van der Waals surface area contributed by atoms with E-state index in [-0.39, 0.29) is 22.3 Å². The third-order valence-corrected chi connectivity index (χ3v) is 13.4. The van der Waals surface area contributed by atoms with E-state index in [0.29, 0.717) is 126 Å². The van der Waals surface area contributed by atoms with Crippen LogP contribution in [0.4, 0.5) is 13.2 Å². The molecule has 0 unspecified atom stereocenters. The summed E-state index contributed by atoms with van der Waals surface area (Å²) >= 11 is 0. The van der Waals surface area contributed by atoms with Crippen LogP contribution in [-0.4, -0.2) is 68.9 Å². The standard InChI is InChI=1S/C59H41F3N16/c1-28-65-29(2)70-55(69-28)37-9-13-44-45-14-10-38(56-71-30(3)66-31(4)72-56)21-51(45)77(50(44)20-37)49-25-48(41-17-36(26-63)18-43(19-41)59(60,61)62)54(24-42(49)27-64)78-52-22-39(57-73-32(5)67-33(6)74-57)11-15-46(52)47-16-12-40(23-53(47)78)58-75-34(7)68-35(8)76-58/h9-25H,1-8H3. The largest absolute Gasteiger partial charge is 0.416 e. The predicted molar refractivity (Wildman–Crippen MR) is 288 cm³/mol. The number of aryl methyl sites for hydroxylation is 8. The third-order valence-electron chi connectivity index (χ3n) is 13.4. The van der Waals surface area contributed by atoms with Crippen LogP contribution in [0.5, 0.6) is 0 Å². The average Bonchev–Trinajstić information content (AvgIpc) is 4.05. The van der Waals surface area contributed by atoms with Gasteiger partial charge in [-0.15, -0.1) is 0 Å². The number of benzene rings is 6. The molecule has 19 heteroatoms. The van der Waals surface area contributed by atoms with Crippen molar-refractivity contribution in [2.75, 3.05) is 0 Å². The second-order valence-corrected chi connectivity index (χ2v) is 19.0. The van der Waals surface area contributed by atoms with Crippen molar-refractivity contribution in [3.05, 3.63) is 166 Å². The number of halogens is 3. The second-order valence-electron chi connectivity index (χ2n) is 19.0. The van der Waals surface area contributed by atoms with Crippen molar-refractivity contribution in [3.8, 4) is 80.2 Å². The highest BCUT2D eigenvalue weighted by Crippen LogP contribution is 2.44. The molecule has 0 aliphatic heterocycles. The van der Waals surface area contributed by atoms with Crippen molar-refractivity contribution < 1.29 is 13.2 Å². The summed E-state index contributed by atoms with van der Waals surface area (Å²) in [5, 5.41) is 25.1. The highest BCUT2D eigenvalue weighted by Gasteiger charge is 2.32. The number of aromatic nitrogens is 14. The fraction of sp³-hybridized carbons (Fsp3) is 0.153. The molecule has 0 N–H and O–H groups in total. The van der Waals surface area contributed by atoms with Gasteiger partial charge in [0.05, 0.1) is 56.2 Å². The molecular formula is C59H41F3N16. The lowest BCUT2D eigenvalue weighted by molar-refractivity contribution is -0.137. The van der Waals surface area contributed by atoms with Gasteiger partial charge in [0.25, 0.3) is 0 Å². The van der Waals surface area contributed by atoms with Gasteiger partial charge in [-0.25, -0.2) is 59.8 Å². The Bertz CT molecular complexity index is 4340. The first-order valence-electron chi connectivity index (χ1n) is 24.6. The van der Waals surface area contributed by atoms with Crippen LogP contribution in [0.25, 0.3) is 112 Å². The molecule has 6 aromatic carbocycles. The predicted octanol–water partition coefficient (Wildman–Crippen LogP) is 12.2. The summed E-state index contributed by atoms with van der Waals surface area (Å²) in [6, 6.07) is 34.3. The SMILES string of the molecule is Cc1nc(C)nc(-c2ccc3c4ccc(-c5nc(C)nc(C)n5)cc4n(-c4cc(-c5cc(C#N)cc(C(F)(F)F)c5)c(-n5c6cc(-c7nc(C)nc(C)n7)ccc6c6ccc(-c7nc(C)nc(C)n7)cc65)cc4C#N)c3c2)n1. The number of hydrogen-bond acceptors (Lipinski definition) is 14. The lowest BCUT2D eigenvalue weighted by Gasteiger charge is -2.20. The Morgan fingerprint density at radius 1 is 0.359 bits per heavy atom. The van der Waals surface area contributed by atoms with Crippen LogP contribution < -0.4 is 0 Å². The molecule has 16 nitrogen and oxygen atoms in total. The number of rotatable bonds is 7. The fourth-order valence-electron chi connectivity index (χ4n) is 10.4. The van der Waals surface area contributed by atoms with E-state index in [2.05, 4.69) is 65.9 Å². The Balaban J connectivity index is 1.24. The zero-order chi connectivity index (χ0) is 54.5. The van der Waals surface area contributed by atoms with Crippen molar-refractivity contribution in [2.24, 2.45) is 0 Å². The molecule has 0 radical (unpaired) electrons. The minimum Gasteiger partial charge on any atom is -0.309 e. The van der Waals surface area contributed by atoms with Gasteiger partial charge in [0.2, 0.25) is 0 Å². The fourth-order valence-corrected chi connectivity index (χ4v) is 10.4. The minimum absolute atomic E-state index is 0.0614. The van der Waals surface area contributed by atoms with Crippen molar-refractivity contribution in [2.45, 2.75) is 61.6 Å². The maximum atomic E-state index is 15.1. The van der Waals surface area contributed by atoms with Gasteiger partial charge in [-0.05, 0) is 116 Å². The van der Waals surface area contributed by atoms with E-state index < -0.39 is 11.7 Å². The summed E-state index contributed by atoms with van der Waals surface area (Å²) in [5.74, 6) is 5.84. The highest BCUT2D eigenvalue weighted by molar-refractivity contribution is 6.13. The number of alkyl halides is 3. The molecule has 0 aliphatic rings. The molecule has 0 aliphatic carbocycles. The summed E-state index contributed by atoms with van der Waals surface area (Å²) in [6.07, 6.45) is -4.84. The molecule has 0 atom stereocenters. The zero-order valence-electron chi connectivity index (χ0n) is 43.1. The minimum atomic E-state index is -4.84. The van der Waals surface area contributed by atoms with Gasteiger partial charge in [-0.1, -0.05) is 48.5 Å². The molecule has 0 bridgehead atoms. The Kier molecular flexibility index (Phi) is 11.4. The molecule has 78 heavy (non-hydrogen) atoms. The lowest BCUT2D eigenvalue weighted by atomic mass is 9.95. The van der Waals surface area contributed by atoms with E-state index in [9.17, 15) is 10.5 Å². The molecule has 12 aromatic rings. The van der Waals surface area contributed by atoms with Crippen molar-refractivity contribution in [1.82, 2.24) is 68.9 Å². The monoisotopic (exact) mass is 1030 g/mol. The van der Waals surface area contributed by atoms with E-state index >= 15 is 13.2 Å². The van der Waals surface area contributed by atoms with Crippen LogP contribution in [0.2, 0.25) is 0 Å². The first-order chi connectivity index (χ1) is 37.4. The molecule has 12 rings (SSSR count). The first-order valence-corrected chi connectivity index (χ1v) is 24.6. The molecule has 0 saturated carbocycles. The van der Waals surface area contributed by atoms with Crippen LogP contribution in [0, 0.1) is 78.1 Å². The summed E-state index contributed by atoms with van der Waals surface area (Å²) in [7, 11) is 0. The van der Waals surface area contributed by atoms with Gasteiger partial charge < -0.3 is 9.13 Å². The lowest BCUT2D eigenvalue weighted by Crippen LogP contribution is -2.07. The molecule has 0 saturated heterocycles. The maximum Gasteiger partial charge on any atom is 0.416 e. The number of nitriles is 2. The van der Waals surface area contributed by atoms with E-state index in [4.69, 9.17) is 0 Å². The van der Waals surface area contributed by atoms with Gasteiger partial charge in [0, 0.05) is 49.4 Å². The van der Waals surface area contributed by atoms with Crippen LogP contribution in [0.1, 0.15) is 63.3 Å². The average molecular weight is 1030 g/mol. The molecule has 0 spiro atoms. The van der Waals surface area contributed by atoms with Crippen molar-refractivity contribution >= 4 is 43.6 Å². The summed E-state index contributed by atoms with van der Waals surface area (Å²) in [6.45, 7) is 14.3. The second kappa shape index (κ2) is 18.2. The highest BCUT2D eigenvalue weighted by atomic mass is 19.4. The van der Waals surface area contributed by atoms with Crippen molar-refractivity contribution in [3.63, 3.8) is 0 Å². The van der Waals surface area contributed by atoms with E-state index in [1.165, 1.54) is 6.07 Å². The Morgan fingerprint density at radius 3 is 1.00 bits per heavy atom. The molecule has 6 heterocycles. The third kappa shape index (κ3) is 8.53. The summed E-state index contributed by atoms with van der Waals surface area (Å²) < 4.78 is 49.2. The maximum absolute atomic E-state index is 15.1. The number of fused-ring (bicyclic) bond motifs is 6. The number of nitrogens with zero attached hydrogens (tertiary/aromatic N) is 16. The van der Waals surface area contributed by atoms with Crippen LogP contribution in [-0.2, 0) is 6.18 Å². The van der Waals surface area contributed by atoms with Gasteiger partial charge in [-0.3, -0.25) is 0 Å². The van der Waals surface area contributed by atoms with Gasteiger partial charge in [0.1, 0.15) is 52.7 Å². The molecule has 0 fully saturated rings.